The highest BCUT2D eigenvalue weighted by Crippen LogP contribution is 2.51. The Balaban J connectivity index is 2.04. The Hall–Kier alpha value is -4.94. The van der Waals surface area contributed by atoms with Crippen molar-refractivity contribution in [3.8, 4) is 6.07 Å². The molecule has 0 unspecified atom stereocenters. The summed E-state index contributed by atoms with van der Waals surface area (Å²) in [5.41, 5.74) is 3.77. The molecule has 0 aliphatic carbocycles. The lowest BCUT2D eigenvalue weighted by atomic mass is 9.92. The topological polar surface area (TPSA) is 276 Å². The molecule has 1 aliphatic rings. The predicted octanol–water partition coefficient (Wildman–Crippen LogP) is 4.49. The average Bonchev–Trinajstić information content (AvgIpc) is 3.59. The monoisotopic (exact) mass is 775 g/mol. The van der Waals surface area contributed by atoms with Crippen molar-refractivity contribution < 1.29 is 79.9 Å². The summed E-state index contributed by atoms with van der Waals surface area (Å²) in [4.78, 5) is 53.6. The molecule has 1 fully saturated rings. The summed E-state index contributed by atoms with van der Waals surface area (Å²) in [6.45, 7) is 9.26. The Labute approximate surface area is 303 Å². The van der Waals surface area contributed by atoms with Crippen LogP contribution in [-0.4, -0.2) is 102 Å². The number of nitrogen functional groups attached to an aromatic ring is 1. The van der Waals surface area contributed by atoms with E-state index in [0.29, 0.717) is 0 Å². The number of rotatable bonds is 16. The minimum Gasteiger partial charge on any atom is -0.432 e. The average molecular weight is 776 g/mol. The number of ether oxygens (including phenoxy) is 9. The lowest BCUT2D eigenvalue weighted by Gasteiger charge is -2.28. The summed E-state index contributed by atoms with van der Waals surface area (Å²) in [6, 6.07) is 4.78. The summed E-state index contributed by atoms with van der Waals surface area (Å²) in [5.74, 6) is 0.0106. The van der Waals surface area contributed by atoms with E-state index >= 15 is 0 Å². The van der Waals surface area contributed by atoms with Crippen molar-refractivity contribution in [1.82, 2.24) is 14.6 Å². The summed E-state index contributed by atoms with van der Waals surface area (Å²) in [7, 11) is -4.93. The van der Waals surface area contributed by atoms with E-state index in [4.69, 9.17) is 61.9 Å². The van der Waals surface area contributed by atoms with Crippen LogP contribution in [0.15, 0.2) is 18.5 Å². The summed E-state index contributed by atoms with van der Waals surface area (Å²) in [6.07, 6.45) is -11.7. The van der Waals surface area contributed by atoms with Crippen LogP contribution in [0.5, 0.6) is 0 Å². The van der Waals surface area contributed by atoms with E-state index < -0.39 is 101 Å². The van der Waals surface area contributed by atoms with Crippen LogP contribution in [0, 0.1) is 11.3 Å². The first-order valence-electron chi connectivity index (χ1n) is 16.0. The SMILES string of the molecule is CC(C)OC(=O)OCOP(=O)(OCOC(=O)OC(C)C)OC[C@H]1O[C@@](C#N)(c2ccc3c(N)ncnn23)[C@H](OC(=O)OC(C)C)[C@@H]1OC(=O)OC(C)C. The van der Waals surface area contributed by atoms with E-state index in [-0.39, 0.29) is 17.0 Å². The van der Waals surface area contributed by atoms with Gasteiger partial charge < -0.3 is 48.4 Å². The number of anilines is 1. The van der Waals surface area contributed by atoms with E-state index in [1.54, 1.807) is 27.7 Å². The molecular weight excluding hydrogens is 733 g/mol. The maximum absolute atomic E-state index is 13.8. The third kappa shape index (κ3) is 11.8. The minimum atomic E-state index is -4.93. The fourth-order valence-electron chi connectivity index (χ4n) is 4.47. The Morgan fingerprint density at radius 2 is 1.36 bits per heavy atom. The zero-order valence-electron chi connectivity index (χ0n) is 30.1. The van der Waals surface area contributed by atoms with Gasteiger partial charge in [-0.05, 0) is 67.5 Å². The quantitative estimate of drug-likeness (QED) is 0.106. The second-order valence-electron chi connectivity index (χ2n) is 12.0. The number of aromatic nitrogens is 3. The van der Waals surface area contributed by atoms with Crippen molar-refractivity contribution in [2.75, 3.05) is 25.9 Å². The maximum atomic E-state index is 13.8. The molecule has 3 rings (SSSR count). The number of hydrogen-bond donors (Lipinski definition) is 1. The third-order valence-electron chi connectivity index (χ3n) is 6.39. The molecule has 2 N–H and O–H groups in total. The van der Waals surface area contributed by atoms with Gasteiger partial charge in [0.1, 0.15) is 24.0 Å². The van der Waals surface area contributed by atoms with E-state index in [9.17, 15) is 29.0 Å². The van der Waals surface area contributed by atoms with Gasteiger partial charge in [0.05, 0.1) is 36.7 Å². The number of phosphoric ester groups is 1. The lowest BCUT2D eigenvalue weighted by molar-refractivity contribution is -0.0826. The van der Waals surface area contributed by atoms with Crippen LogP contribution >= 0.6 is 7.82 Å². The standard InChI is InChI=1S/C30H42N5O17P/c1-16(2)46-26(36)41-14-44-53(40,45-15-42-27(37)47-17(3)4)43-11-21-23(50-28(38)48-18(5)6)24(51-29(39)49-19(7)8)30(12-31,52-21)22-10-9-20-25(32)33-13-34-35(20)22/h9-10,13,16-19,21,23-24H,11,14-15H2,1-8H3,(H2,32,33,34)/t21-,23-,24-,30+/m1/s1. The molecule has 3 heterocycles. The number of hydrogen-bond acceptors (Lipinski definition) is 21. The number of carbonyl (C=O) groups excluding carboxylic acids is 4. The van der Waals surface area contributed by atoms with Gasteiger partial charge in [0.2, 0.25) is 19.2 Å². The van der Waals surface area contributed by atoms with Gasteiger partial charge in [-0.1, -0.05) is 0 Å². The molecule has 0 bridgehead atoms. The van der Waals surface area contributed by atoms with Gasteiger partial charge in [-0.15, -0.1) is 0 Å². The first-order valence-corrected chi connectivity index (χ1v) is 17.5. The van der Waals surface area contributed by atoms with Gasteiger partial charge in [0, 0.05) is 0 Å². The van der Waals surface area contributed by atoms with E-state index in [0.717, 1.165) is 6.33 Å². The van der Waals surface area contributed by atoms with Gasteiger partial charge in [-0.25, -0.2) is 42.3 Å². The fourth-order valence-corrected chi connectivity index (χ4v) is 5.38. The molecule has 53 heavy (non-hydrogen) atoms. The van der Waals surface area contributed by atoms with Crippen molar-refractivity contribution in [1.29, 1.82) is 5.26 Å². The molecule has 0 saturated carbocycles. The molecular formula is C30H42N5O17P. The first-order chi connectivity index (χ1) is 24.9. The molecule has 23 heteroatoms. The van der Waals surface area contributed by atoms with E-state index in [1.165, 1.54) is 44.3 Å². The first kappa shape index (κ1) is 42.5. The number of carbonyl (C=O) groups is 4. The molecule has 4 atom stereocenters. The Morgan fingerprint density at radius 3 is 1.87 bits per heavy atom. The summed E-state index contributed by atoms with van der Waals surface area (Å²) in [5, 5.41) is 14.9. The Kier molecular flexibility index (Phi) is 15.0. The van der Waals surface area contributed by atoms with Gasteiger partial charge in [0.15, 0.2) is 18.0 Å². The smallest absolute Gasteiger partial charge is 0.432 e. The fraction of sp³-hybridized carbons (Fsp3) is 0.633. The third-order valence-corrected chi connectivity index (χ3v) is 7.70. The molecule has 2 aromatic heterocycles. The van der Waals surface area contributed by atoms with Crippen molar-refractivity contribution in [2.24, 2.45) is 0 Å². The van der Waals surface area contributed by atoms with Crippen LogP contribution in [0.2, 0.25) is 0 Å². The molecule has 22 nitrogen and oxygen atoms in total. The summed E-state index contributed by atoms with van der Waals surface area (Å²) < 4.78 is 77.4. The molecule has 294 valence electrons. The number of fused-ring (bicyclic) bond motifs is 1. The van der Waals surface area contributed by atoms with Crippen molar-refractivity contribution in [2.45, 2.75) is 104 Å². The maximum Gasteiger partial charge on any atom is 0.510 e. The van der Waals surface area contributed by atoms with Crippen LogP contribution in [0.3, 0.4) is 0 Å². The number of nitriles is 1. The highest BCUT2D eigenvalue weighted by Gasteiger charge is 2.63. The van der Waals surface area contributed by atoms with Crippen molar-refractivity contribution >= 4 is 43.8 Å². The normalized spacial score (nSPS) is 19.9. The van der Waals surface area contributed by atoms with Crippen LogP contribution in [-0.2, 0) is 66.4 Å². The second kappa shape index (κ2) is 18.7. The molecule has 2 aromatic rings. The number of nitrogens with two attached hydrogens (primary N) is 1. The van der Waals surface area contributed by atoms with Gasteiger partial charge in [-0.2, -0.15) is 10.4 Å². The van der Waals surface area contributed by atoms with Crippen LogP contribution in [0.25, 0.3) is 5.52 Å². The highest BCUT2D eigenvalue weighted by atomic mass is 31.2. The zero-order valence-corrected chi connectivity index (χ0v) is 31.0. The second-order valence-corrected chi connectivity index (χ2v) is 13.6. The Morgan fingerprint density at radius 1 is 0.849 bits per heavy atom. The largest absolute Gasteiger partial charge is 0.510 e. The lowest BCUT2D eigenvalue weighted by Crippen LogP contribution is -2.46. The molecule has 0 amide bonds. The van der Waals surface area contributed by atoms with E-state index in [1.807, 2.05) is 6.07 Å². The molecule has 1 aliphatic heterocycles. The van der Waals surface area contributed by atoms with Gasteiger partial charge >= 0.3 is 32.4 Å². The predicted molar refractivity (Wildman–Crippen MR) is 173 cm³/mol. The van der Waals surface area contributed by atoms with Crippen LogP contribution < -0.4 is 5.73 Å². The zero-order chi connectivity index (χ0) is 39.5. The number of nitrogens with zero attached hydrogens (tertiary/aromatic N) is 4. The van der Waals surface area contributed by atoms with Crippen LogP contribution in [0.1, 0.15) is 61.1 Å². The highest BCUT2D eigenvalue weighted by molar-refractivity contribution is 7.48. The van der Waals surface area contributed by atoms with E-state index in [2.05, 4.69) is 10.1 Å². The number of phosphoric acid groups is 1. The van der Waals surface area contributed by atoms with Crippen molar-refractivity contribution in [3.63, 3.8) is 0 Å². The van der Waals surface area contributed by atoms with Crippen LogP contribution in [0.4, 0.5) is 25.0 Å². The molecule has 1 saturated heterocycles. The summed E-state index contributed by atoms with van der Waals surface area (Å²) >= 11 is 0. The Bertz CT molecular complexity index is 1650. The molecule has 0 radical (unpaired) electrons. The van der Waals surface area contributed by atoms with Gasteiger partial charge in [-0.3, -0.25) is 4.52 Å². The minimum absolute atomic E-state index is 0.0106. The van der Waals surface area contributed by atoms with Crippen molar-refractivity contribution in [3.05, 3.63) is 24.2 Å². The molecule has 0 aromatic carbocycles. The van der Waals surface area contributed by atoms with Gasteiger partial charge in [0.25, 0.3) is 0 Å². The molecule has 0 spiro atoms.